The average Bonchev–Trinajstić information content (AvgIpc) is 1.59. The molecule has 0 unspecified atom stereocenters. The lowest BCUT2D eigenvalue weighted by Gasteiger charge is -2.17. The Morgan fingerprint density at radius 2 is 0.550 bits per heavy atom. The Labute approximate surface area is 635 Å². The minimum absolute atomic E-state index is 0.443. The number of fused-ring (bicyclic) bond motifs is 9. The monoisotopic (exact) mass is 1400 g/mol. The SMILES string of the molecule is [C-]#[N+]c1ccc(-c2ccc3c(c2)c2cc(-c4ccc(C#N)cc4)ccc2n3-c2nc(-c3ccccc3-n3c4ccc(-c5c(C)cc(C)cc5C)cc4c4cc(-c5c(C)cc(C)cc5C)ccc43)nc(-c3ccccc3-n3c4ccc(-c5c(C)cc(C)cc5C)cc4c4cc(-c5c(C)cc(C)cc5C)ccc43)n2)cc1. The van der Waals surface area contributed by atoms with Gasteiger partial charge in [-0.25, -0.2) is 9.83 Å². The van der Waals surface area contributed by atoms with Crippen molar-refractivity contribution >= 4 is 71.1 Å². The smallest absolute Gasteiger partial charge is 0.238 e. The van der Waals surface area contributed by atoms with Gasteiger partial charge in [-0.15, -0.1) is 0 Å². The molecule has 0 aliphatic rings. The van der Waals surface area contributed by atoms with Crippen LogP contribution in [0.4, 0.5) is 5.69 Å². The Kier molecular flexibility index (Phi) is 16.2. The van der Waals surface area contributed by atoms with E-state index in [1.165, 1.54) is 111 Å². The Morgan fingerprint density at radius 1 is 0.284 bits per heavy atom. The van der Waals surface area contributed by atoms with Crippen molar-refractivity contribution in [3.8, 4) is 113 Å². The number of hydrogen-bond acceptors (Lipinski definition) is 4. The molecule has 109 heavy (non-hydrogen) atoms. The molecule has 0 saturated carbocycles. The van der Waals surface area contributed by atoms with Crippen LogP contribution in [0.25, 0.3) is 177 Å². The van der Waals surface area contributed by atoms with E-state index in [1.807, 2.05) is 48.5 Å². The summed E-state index contributed by atoms with van der Waals surface area (Å²) in [5.74, 6) is 1.43. The summed E-state index contributed by atoms with van der Waals surface area (Å²) in [6, 6.07) is 94.7. The van der Waals surface area contributed by atoms with Crippen molar-refractivity contribution in [2.45, 2.75) is 83.1 Å². The van der Waals surface area contributed by atoms with Gasteiger partial charge >= 0.3 is 0 Å². The van der Waals surface area contributed by atoms with Crippen molar-refractivity contribution in [1.82, 2.24) is 28.7 Å². The Morgan fingerprint density at radius 3 is 0.853 bits per heavy atom. The molecule has 4 aromatic heterocycles. The van der Waals surface area contributed by atoms with E-state index in [0.717, 1.165) is 110 Å². The van der Waals surface area contributed by atoms with Crippen LogP contribution in [0.1, 0.15) is 72.3 Å². The Balaban J connectivity index is 0.916. The number of para-hydroxylation sites is 2. The summed E-state index contributed by atoms with van der Waals surface area (Å²) in [5, 5.41) is 16.4. The van der Waals surface area contributed by atoms with Crippen LogP contribution >= 0.6 is 0 Å². The molecule has 0 amide bonds. The van der Waals surface area contributed by atoms with Crippen LogP contribution < -0.4 is 0 Å². The quantitative estimate of drug-likeness (QED) is 0.121. The summed E-state index contributed by atoms with van der Waals surface area (Å²) in [6.45, 7) is 34.3. The van der Waals surface area contributed by atoms with Crippen LogP contribution in [0.2, 0.25) is 0 Å². The zero-order chi connectivity index (χ0) is 74.9. The fourth-order valence-corrected chi connectivity index (χ4v) is 18.2. The van der Waals surface area contributed by atoms with Crippen molar-refractivity contribution in [2.75, 3.05) is 0 Å². The van der Waals surface area contributed by atoms with Gasteiger partial charge in [0.05, 0.1) is 62.7 Å². The summed E-state index contributed by atoms with van der Waals surface area (Å²) in [5.41, 5.74) is 39.3. The van der Waals surface area contributed by atoms with E-state index in [0.29, 0.717) is 28.8 Å². The van der Waals surface area contributed by atoms with Gasteiger partial charge in [0.2, 0.25) is 5.95 Å². The molecule has 522 valence electrons. The van der Waals surface area contributed by atoms with Crippen LogP contribution in [0, 0.1) is 101 Å². The van der Waals surface area contributed by atoms with Gasteiger partial charge in [-0.3, -0.25) is 4.57 Å². The number of aryl methyl sites for hydroxylation is 12. The van der Waals surface area contributed by atoms with Crippen LogP contribution in [0.5, 0.6) is 0 Å². The van der Waals surface area contributed by atoms with E-state index < -0.39 is 0 Å². The normalized spacial score (nSPS) is 11.7. The van der Waals surface area contributed by atoms with Crippen molar-refractivity contribution in [2.24, 2.45) is 0 Å². The van der Waals surface area contributed by atoms with E-state index in [9.17, 15) is 5.26 Å². The summed E-state index contributed by atoms with van der Waals surface area (Å²) < 4.78 is 7.05. The molecule has 8 heteroatoms. The number of nitrogens with zero attached hydrogens (tertiary/aromatic N) is 8. The largest absolute Gasteiger partial charge is 0.309 e. The summed E-state index contributed by atoms with van der Waals surface area (Å²) in [6.07, 6.45) is 0. The maximum absolute atomic E-state index is 9.88. The van der Waals surface area contributed by atoms with Gasteiger partial charge in [0.15, 0.2) is 17.3 Å². The maximum Gasteiger partial charge on any atom is 0.238 e. The predicted molar refractivity (Wildman–Crippen MR) is 454 cm³/mol. The lowest BCUT2D eigenvalue weighted by atomic mass is 9.91. The first-order valence-electron chi connectivity index (χ1n) is 37.4. The molecule has 0 saturated heterocycles. The standard InChI is InChI=1S/C101H78N8/c1-57-42-61(5)95(62(6)43-57)74-30-38-89-83(52-74)84-53-75(96-63(7)44-58(2)45-64(96)8)31-39-90(84)107(89)87-20-16-14-18-79(87)99-104-100(106-101(105-99)109-93-36-28-72(70-24-22-69(56-102)23-25-70)50-81(93)82-51-73(29-37-94(82)109)71-26-34-78(103-13)35-27-71)80-19-15-17-21-88(80)108-91-40-32-76(97-65(9)46-59(3)47-66(97)10)54-85(91)86-55-77(33-41-92(86)108)98-67(11)48-60(4)49-68(98)12/h14-55H,1-12H3. The van der Waals surface area contributed by atoms with Gasteiger partial charge in [0.25, 0.3) is 0 Å². The van der Waals surface area contributed by atoms with Crippen molar-refractivity contribution in [1.29, 1.82) is 5.26 Å². The van der Waals surface area contributed by atoms with E-state index in [1.54, 1.807) is 0 Å². The first-order chi connectivity index (χ1) is 52.8. The molecule has 4 heterocycles. The highest BCUT2D eigenvalue weighted by atomic mass is 15.2. The molecule has 0 fully saturated rings. The van der Waals surface area contributed by atoms with Crippen LogP contribution in [0.3, 0.4) is 0 Å². The highest BCUT2D eigenvalue weighted by Crippen LogP contribution is 2.46. The zero-order valence-corrected chi connectivity index (χ0v) is 63.3. The number of nitriles is 1. The van der Waals surface area contributed by atoms with E-state index >= 15 is 0 Å². The van der Waals surface area contributed by atoms with Gasteiger partial charge in [0.1, 0.15) is 0 Å². The average molecular weight is 1400 g/mol. The van der Waals surface area contributed by atoms with E-state index in [4.69, 9.17) is 21.5 Å². The predicted octanol–water partition coefficient (Wildman–Crippen LogP) is 26.6. The first-order valence-corrected chi connectivity index (χ1v) is 37.4. The maximum atomic E-state index is 9.88. The Bertz CT molecular complexity index is 6260. The van der Waals surface area contributed by atoms with Gasteiger partial charge in [-0.05, 0) is 304 Å². The third kappa shape index (κ3) is 11.4. The fraction of sp³-hybridized carbons (Fsp3) is 0.119. The number of rotatable bonds is 11. The highest BCUT2D eigenvalue weighted by Gasteiger charge is 2.27. The molecular formula is C101H78N8. The number of benzene rings is 14. The summed E-state index contributed by atoms with van der Waals surface area (Å²) in [4.78, 5) is 21.2. The molecule has 0 bridgehead atoms. The van der Waals surface area contributed by atoms with Crippen molar-refractivity contribution in [3.63, 3.8) is 0 Å². The molecule has 18 rings (SSSR count). The second-order valence-corrected chi connectivity index (χ2v) is 30.2. The van der Waals surface area contributed by atoms with E-state index in [-0.39, 0.29) is 0 Å². The van der Waals surface area contributed by atoms with Crippen molar-refractivity contribution < 1.29 is 0 Å². The summed E-state index contributed by atoms with van der Waals surface area (Å²) >= 11 is 0. The minimum atomic E-state index is 0.443. The van der Waals surface area contributed by atoms with Crippen LogP contribution in [-0.4, -0.2) is 28.7 Å². The number of hydrogen-bond donors (Lipinski definition) is 0. The second kappa shape index (κ2) is 26.2. The molecule has 0 aliphatic heterocycles. The first kappa shape index (κ1) is 67.4. The molecule has 18 aromatic rings. The lowest BCUT2D eigenvalue weighted by Crippen LogP contribution is -2.09. The van der Waals surface area contributed by atoms with Crippen molar-refractivity contribution in [3.05, 3.63) is 339 Å². The Hall–Kier alpha value is -13.5. The minimum Gasteiger partial charge on any atom is -0.309 e. The van der Waals surface area contributed by atoms with Crippen LogP contribution in [-0.2, 0) is 0 Å². The van der Waals surface area contributed by atoms with E-state index in [2.05, 4.69) is 314 Å². The lowest BCUT2D eigenvalue weighted by molar-refractivity contribution is 0.950. The van der Waals surface area contributed by atoms with Crippen LogP contribution in [0.15, 0.2) is 255 Å². The molecule has 0 radical (unpaired) electrons. The number of aromatic nitrogens is 6. The van der Waals surface area contributed by atoms with Gasteiger partial charge in [-0.2, -0.15) is 15.2 Å². The van der Waals surface area contributed by atoms with Gasteiger partial charge < -0.3 is 9.13 Å². The molecule has 14 aromatic carbocycles. The zero-order valence-electron chi connectivity index (χ0n) is 63.3. The van der Waals surface area contributed by atoms with Gasteiger partial charge in [-0.1, -0.05) is 168 Å². The second-order valence-electron chi connectivity index (χ2n) is 30.2. The molecule has 0 atom stereocenters. The highest BCUT2D eigenvalue weighted by molar-refractivity contribution is 6.15. The molecule has 0 N–H and O–H groups in total. The summed E-state index contributed by atoms with van der Waals surface area (Å²) in [7, 11) is 0. The van der Waals surface area contributed by atoms with Gasteiger partial charge in [0, 0.05) is 43.4 Å². The molecular weight excluding hydrogens is 1330 g/mol. The molecule has 8 nitrogen and oxygen atoms in total. The fourth-order valence-electron chi connectivity index (χ4n) is 18.2. The molecule has 0 aliphatic carbocycles. The third-order valence-corrected chi connectivity index (χ3v) is 22.4. The topological polar surface area (TPSA) is 81.6 Å². The molecule has 0 spiro atoms. The third-order valence-electron chi connectivity index (χ3n) is 22.4.